The summed E-state index contributed by atoms with van der Waals surface area (Å²) in [5, 5.41) is 0.541. The number of Topliss-reactive ketones (excluding diaryl/α,β-unsaturated/α-hetero) is 1. The Hall–Kier alpha value is -2.65. The highest BCUT2D eigenvalue weighted by atomic mass is 35.5. The number of pyridine rings is 1. The average molecular weight is 338 g/mol. The fourth-order valence-electron chi connectivity index (χ4n) is 2.42. The van der Waals surface area contributed by atoms with Crippen LogP contribution in [0.3, 0.4) is 0 Å². The van der Waals surface area contributed by atoms with Gasteiger partial charge in [-0.15, -0.1) is 0 Å². The first kappa shape index (κ1) is 16.2. The third-order valence-corrected chi connectivity index (χ3v) is 3.87. The summed E-state index contributed by atoms with van der Waals surface area (Å²) in [4.78, 5) is 16.1. The monoisotopic (exact) mass is 337 g/mol. The van der Waals surface area contributed by atoms with Crippen LogP contribution in [0, 0.1) is 0 Å². The van der Waals surface area contributed by atoms with Gasteiger partial charge < -0.3 is 4.74 Å². The average Bonchev–Trinajstić information content (AvgIpc) is 2.61. The third kappa shape index (κ3) is 3.81. The molecule has 3 aromatic rings. The van der Waals surface area contributed by atoms with Gasteiger partial charge in [0.05, 0.1) is 0 Å². The molecule has 1 aromatic heterocycles. The molecule has 0 bridgehead atoms. The number of ketones is 1. The Morgan fingerprint density at radius 3 is 2.54 bits per heavy atom. The van der Waals surface area contributed by atoms with Gasteiger partial charge in [-0.25, -0.2) is 4.98 Å². The summed E-state index contributed by atoms with van der Waals surface area (Å²) in [6.45, 7) is 1.99. The number of hydrogen-bond acceptors (Lipinski definition) is 3. The highest BCUT2D eigenvalue weighted by molar-refractivity contribution is 6.31. The second-order valence-electron chi connectivity index (χ2n) is 5.41. The van der Waals surface area contributed by atoms with Crippen molar-refractivity contribution in [2.75, 3.05) is 0 Å². The summed E-state index contributed by atoms with van der Waals surface area (Å²) >= 11 is 5.99. The standard InChI is InChI=1S/C20H16ClNO2/c1-14(23)19-11-17(21)8-9-18(19)16-7-10-20(22-12-16)24-13-15-5-3-2-4-6-15/h2-12H,13H2,1H3. The van der Waals surface area contributed by atoms with Crippen LogP contribution in [0.1, 0.15) is 22.8 Å². The molecule has 1 heterocycles. The zero-order valence-electron chi connectivity index (χ0n) is 13.2. The Balaban J connectivity index is 1.79. The van der Waals surface area contributed by atoms with Gasteiger partial charge in [0.15, 0.2) is 5.78 Å². The van der Waals surface area contributed by atoms with Crippen molar-refractivity contribution in [3.63, 3.8) is 0 Å². The summed E-state index contributed by atoms with van der Waals surface area (Å²) in [5.74, 6) is 0.512. The summed E-state index contributed by atoms with van der Waals surface area (Å²) in [6.07, 6.45) is 1.70. The van der Waals surface area contributed by atoms with Crippen molar-refractivity contribution in [1.29, 1.82) is 0 Å². The lowest BCUT2D eigenvalue weighted by Crippen LogP contribution is -1.98. The first-order chi connectivity index (χ1) is 11.6. The largest absolute Gasteiger partial charge is 0.473 e. The number of benzene rings is 2. The normalized spacial score (nSPS) is 10.4. The van der Waals surface area contributed by atoms with Crippen molar-refractivity contribution in [1.82, 2.24) is 4.98 Å². The molecular weight excluding hydrogens is 322 g/mol. The number of carbonyl (C=O) groups excluding carboxylic acids is 1. The maximum absolute atomic E-state index is 11.8. The molecule has 0 fully saturated rings. The summed E-state index contributed by atoms with van der Waals surface area (Å²) < 4.78 is 5.68. The van der Waals surface area contributed by atoms with Crippen LogP contribution < -0.4 is 4.74 Å². The van der Waals surface area contributed by atoms with Crippen molar-refractivity contribution in [3.05, 3.63) is 83.0 Å². The number of aromatic nitrogens is 1. The minimum absolute atomic E-state index is 0.0306. The molecule has 0 aliphatic carbocycles. The van der Waals surface area contributed by atoms with E-state index < -0.39 is 0 Å². The Morgan fingerprint density at radius 1 is 1.08 bits per heavy atom. The second-order valence-corrected chi connectivity index (χ2v) is 5.84. The van der Waals surface area contributed by atoms with Crippen molar-refractivity contribution in [2.45, 2.75) is 13.5 Å². The predicted octanol–water partition coefficient (Wildman–Crippen LogP) is 5.18. The van der Waals surface area contributed by atoms with Gasteiger partial charge in [0.1, 0.15) is 6.61 Å². The molecule has 24 heavy (non-hydrogen) atoms. The molecule has 0 aliphatic heterocycles. The van der Waals surface area contributed by atoms with Gasteiger partial charge >= 0.3 is 0 Å². The van der Waals surface area contributed by atoms with Crippen LogP contribution in [0.25, 0.3) is 11.1 Å². The van der Waals surface area contributed by atoms with E-state index in [0.717, 1.165) is 16.7 Å². The smallest absolute Gasteiger partial charge is 0.213 e. The van der Waals surface area contributed by atoms with E-state index in [-0.39, 0.29) is 5.78 Å². The molecule has 0 radical (unpaired) electrons. The van der Waals surface area contributed by atoms with Gasteiger partial charge in [-0.05, 0) is 36.2 Å². The first-order valence-electron chi connectivity index (χ1n) is 7.57. The molecule has 120 valence electrons. The molecule has 0 amide bonds. The third-order valence-electron chi connectivity index (χ3n) is 3.64. The Kier molecular flexibility index (Phi) is 4.92. The SMILES string of the molecule is CC(=O)c1cc(Cl)ccc1-c1ccc(OCc2ccccc2)nc1. The second kappa shape index (κ2) is 7.28. The van der Waals surface area contributed by atoms with Gasteiger partial charge in [0.25, 0.3) is 0 Å². The lowest BCUT2D eigenvalue weighted by molar-refractivity contribution is 0.101. The molecule has 0 saturated heterocycles. The Bertz CT molecular complexity index is 845. The number of carbonyl (C=O) groups is 1. The van der Waals surface area contributed by atoms with Crippen LogP contribution in [0.5, 0.6) is 5.88 Å². The van der Waals surface area contributed by atoms with Gasteiger partial charge in [0, 0.05) is 28.4 Å². The number of halogens is 1. The minimum atomic E-state index is -0.0306. The molecule has 0 saturated carbocycles. The van der Waals surface area contributed by atoms with Crippen LogP contribution in [0.2, 0.25) is 5.02 Å². The first-order valence-corrected chi connectivity index (χ1v) is 7.95. The summed E-state index contributed by atoms with van der Waals surface area (Å²) in [7, 11) is 0. The number of nitrogens with zero attached hydrogens (tertiary/aromatic N) is 1. The van der Waals surface area contributed by atoms with Crippen LogP contribution in [-0.4, -0.2) is 10.8 Å². The van der Waals surface area contributed by atoms with Crippen molar-refractivity contribution in [3.8, 4) is 17.0 Å². The van der Waals surface area contributed by atoms with Crippen LogP contribution in [0.15, 0.2) is 66.9 Å². The molecule has 4 heteroatoms. The van der Waals surface area contributed by atoms with Crippen molar-refractivity contribution < 1.29 is 9.53 Å². The fourth-order valence-corrected chi connectivity index (χ4v) is 2.59. The van der Waals surface area contributed by atoms with Crippen molar-refractivity contribution >= 4 is 17.4 Å². The summed E-state index contributed by atoms with van der Waals surface area (Å²) in [6, 6.07) is 18.9. The number of hydrogen-bond donors (Lipinski definition) is 0. The zero-order valence-corrected chi connectivity index (χ0v) is 14.0. The quantitative estimate of drug-likeness (QED) is 0.602. The topological polar surface area (TPSA) is 39.2 Å². The molecule has 3 nitrogen and oxygen atoms in total. The summed E-state index contributed by atoms with van der Waals surface area (Å²) in [5.41, 5.74) is 3.33. The van der Waals surface area contributed by atoms with Gasteiger partial charge in [-0.1, -0.05) is 48.0 Å². The Morgan fingerprint density at radius 2 is 1.88 bits per heavy atom. The molecule has 0 aliphatic rings. The maximum atomic E-state index is 11.8. The van der Waals surface area contributed by atoms with Crippen LogP contribution in [0.4, 0.5) is 0 Å². The Labute approximate surface area is 145 Å². The van der Waals surface area contributed by atoms with E-state index in [0.29, 0.717) is 23.1 Å². The van der Waals surface area contributed by atoms with Gasteiger partial charge in [-0.3, -0.25) is 4.79 Å². The number of rotatable bonds is 5. The van der Waals surface area contributed by atoms with E-state index in [1.807, 2.05) is 42.5 Å². The molecule has 0 spiro atoms. The highest BCUT2D eigenvalue weighted by Crippen LogP contribution is 2.27. The van der Waals surface area contributed by atoms with E-state index in [9.17, 15) is 4.79 Å². The lowest BCUT2D eigenvalue weighted by Gasteiger charge is -2.09. The molecule has 3 rings (SSSR count). The van der Waals surface area contributed by atoms with E-state index in [1.165, 1.54) is 6.92 Å². The molecule has 0 N–H and O–H groups in total. The molecule has 0 atom stereocenters. The molecule has 0 unspecified atom stereocenters. The van der Waals surface area contributed by atoms with Gasteiger partial charge in [-0.2, -0.15) is 0 Å². The van der Waals surface area contributed by atoms with E-state index >= 15 is 0 Å². The van der Waals surface area contributed by atoms with E-state index in [4.69, 9.17) is 16.3 Å². The van der Waals surface area contributed by atoms with E-state index in [1.54, 1.807) is 24.4 Å². The zero-order chi connectivity index (χ0) is 16.9. The van der Waals surface area contributed by atoms with E-state index in [2.05, 4.69) is 4.98 Å². The number of ether oxygens (including phenoxy) is 1. The van der Waals surface area contributed by atoms with Gasteiger partial charge in [0.2, 0.25) is 5.88 Å². The molecule has 2 aromatic carbocycles. The molecular formula is C20H16ClNO2. The maximum Gasteiger partial charge on any atom is 0.213 e. The van der Waals surface area contributed by atoms with Crippen LogP contribution >= 0.6 is 11.6 Å². The van der Waals surface area contributed by atoms with Crippen LogP contribution in [-0.2, 0) is 6.61 Å². The minimum Gasteiger partial charge on any atom is -0.473 e. The lowest BCUT2D eigenvalue weighted by atomic mass is 9.99. The highest BCUT2D eigenvalue weighted by Gasteiger charge is 2.10. The predicted molar refractivity (Wildman–Crippen MR) is 95.5 cm³/mol. The van der Waals surface area contributed by atoms with Crippen molar-refractivity contribution in [2.24, 2.45) is 0 Å². The fraction of sp³-hybridized carbons (Fsp3) is 0.100.